The van der Waals surface area contributed by atoms with E-state index in [9.17, 15) is 13.2 Å². The lowest BCUT2D eigenvalue weighted by Crippen LogP contribution is -2.50. The highest BCUT2D eigenvalue weighted by Gasteiger charge is 2.39. The number of carbonyl (C=O) groups excluding carboxylic acids is 1. The van der Waals surface area contributed by atoms with Crippen LogP contribution >= 0.6 is 0 Å². The fraction of sp³-hybridized carbons (Fsp3) is 0.240. The third kappa shape index (κ3) is 4.19. The third-order valence-corrected chi connectivity index (χ3v) is 7.81. The van der Waals surface area contributed by atoms with Crippen molar-refractivity contribution in [2.45, 2.75) is 30.8 Å². The lowest BCUT2D eigenvalue weighted by Gasteiger charge is -2.35. The molecule has 3 aromatic rings. The molecule has 0 fully saturated rings. The second-order valence-electron chi connectivity index (χ2n) is 8.20. The number of anilines is 1. The molecule has 0 radical (unpaired) electrons. The first-order valence-electron chi connectivity index (χ1n) is 10.8. The predicted octanol–water partition coefficient (Wildman–Crippen LogP) is 3.52. The summed E-state index contributed by atoms with van der Waals surface area (Å²) in [5.41, 5.74) is 3.35. The Labute approximate surface area is 193 Å². The van der Waals surface area contributed by atoms with E-state index >= 15 is 0 Å². The summed E-state index contributed by atoms with van der Waals surface area (Å²) in [6.07, 6.45) is 0.289. The number of rotatable bonds is 4. The molecule has 1 N–H and O–H groups in total. The Balaban J connectivity index is 1.47. The average Bonchev–Trinajstić information content (AvgIpc) is 2.83. The lowest BCUT2D eigenvalue weighted by molar-refractivity contribution is -0.120. The maximum Gasteiger partial charge on any atom is 0.244 e. The van der Waals surface area contributed by atoms with E-state index in [4.69, 9.17) is 9.47 Å². The average molecular weight is 465 g/mol. The summed E-state index contributed by atoms with van der Waals surface area (Å²) in [4.78, 5) is 13.6. The molecular formula is C25H24N2O5S. The van der Waals surface area contributed by atoms with Crippen LogP contribution in [0.4, 0.5) is 5.69 Å². The molecule has 2 heterocycles. The zero-order chi connectivity index (χ0) is 23.0. The van der Waals surface area contributed by atoms with Gasteiger partial charge in [0.2, 0.25) is 15.9 Å². The van der Waals surface area contributed by atoms with Gasteiger partial charge in [0.05, 0.1) is 4.90 Å². The Morgan fingerprint density at radius 1 is 0.939 bits per heavy atom. The zero-order valence-electron chi connectivity index (χ0n) is 18.2. The number of benzene rings is 3. The number of sulfonamides is 1. The first kappa shape index (κ1) is 21.5. The molecular weight excluding hydrogens is 440 g/mol. The summed E-state index contributed by atoms with van der Waals surface area (Å²) in [5, 5.41) is 2.87. The zero-order valence-corrected chi connectivity index (χ0v) is 19.0. The molecule has 8 heteroatoms. The number of nitrogens with zero attached hydrogens (tertiary/aromatic N) is 1. The molecule has 0 aliphatic carbocycles. The van der Waals surface area contributed by atoms with Crippen molar-refractivity contribution in [1.29, 1.82) is 0 Å². The van der Waals surface area contributed by atoms with Gasteiger partial charge in [0.25, 0.3) is 0 Å². The predicted molar refractivity (Wildman–Crippen MR) is 124 cm³/mol. The van der Waals surface area contributed by atoms with Crippen molar-refractivity contribution in [3.8, 4) is 11.5 Å². The molecule has 0 saturated carbocycles. The molecule has 0 bridgehead atoms. The van der Waals surface area contributed by atoms with E-state index in [0.717, 1.165) is 16.7 Å². The van der Waals surface area contributed by atoms with Gasteiger partial charge >= 0.3 is 0 Å². The van der Waals surface area contributed by atoms with Gasteiger partial charge in [-0.15, -0.1) is 0 Å². The molecule has 0 spiro atoms. The van der Waals surface area contributed by atoms with E-state index < -0.39 is 22.0 Å². The maximum atomic E-state index is 13.6. The monoisotopic (exact) mass is 464 g/mol. The Hall–Kier alpha value is -3.36. The van der Waals surface area contributed by atoms with Crippen molar-refractivity contribution in [3.05, 3.63) is 83.4 Å². The molecule has 1 atom stereocenters. The maximum absolute atomic E-state index is 13.6. The van der Waals surface area contributed by atoms with Crippen molar-refractivity contribution in [2.75, 3.05) is 18.5 Å². The SMILES string of the molecule is Cc1ccc(S(=O)(=O)N2Cc3ccccc3C[C@@H]2C(=O)Nc2ccc3c(c2)OCCO3)cc1. The first-order chi connectivity index (χ1) is 15.9. The van der Waals surface area contributed by atoms with Gasteiger partial charge in [0.15, 0.2) is 11.5 Å². The second-order valence-corrected chi connectivity index (χ2v) is 10.1. The Bertz CT molecular complexity index is 1300. The molecule has 0 unspecified atom stereocenters. The van der Waals surface area contributed by atoms with Crippen LogP contribution in [0.1, 0.15) is 16.7 Å². The van der Waals surface area contributed by atoms with Crippen molar-refractivity contribution in [3.63, 3.8) is 0 Å². The van der Waals surface area contributed by atoms with Crippen LogP contribution in [0, 0.1) is 6.92 Å². The number of hydrogen-bond donors (Lipinski definition) is 1. The molecule has 170 valence electrons. The molecule has 33 heavy (non-hydrogen) atoms. The summed E-state index contributed by atoms with van der Waals surface area (Å²) in [5.74, 6) is 0.781. The minimum absolute atomic E-state index is 0.131. The van der Waals surface area contributed by atoms with E-state index in [2.05, 4.69) is 5.32 Å². The topological polar surface area (TPSA) is 84.9 Å². The van der Waals surface area contributed by atoms with Gasteiger partial charge in [0.1, 0.15) is 19.3 Å². The highest BCUT2D eigenvalue weighted by Crippen LogP contribution is 2.34. The highest BCUT2D eigenvalue weighted by molar-refractivity contribution is 7.89. The van der Waals surface area contributed by atoms with E-state index in [0.29, 0.717) is 30.4 Å². The Kier molecular flexibility index (Phi) is 5.55. The number of ether oxygens (including phenoxy) is 2. The Morgan fingerprint density at radius 2 is 1.64 bits per heavy atom. The molecule has 1 amide bonds. The van der Waals surface area contributed by atoms with Gasteiger partial charge in [-0.2, -0.15) is 4.31 Å². The molecule has 7 nitrogen and oxygen atoms in total. The van der Waals surface area contributed by atoms with Crippen LogP contribution in [-0.4, -0.2) is 37.9 Å². The first-order valence-corrected chi connectivity index (χ1v) is 12.2. The van der Waals surface area contributed by atoms with Crippen molar-refractivity contribution < 1.29 is 22.7 Å². The van der Waals surface area contributed by atoms with E-state index in [1.807, 2.05) is 31.2 Å². The number of fused-ring (bicyclic) bond motifs is 2. The third-order valence-electron chi connectivity index (χ3n) is 5.95. The molecule has 2 aliphatic heterocycles. The van der Waals surface area contributed by atoms with Crippen LogP contribution < -0.4 is 14.8 Å². The number of aryl methyl sites for hydroxylation is 1. The summed E-state index contributed by atoms with van der Waals surface area (Å²) in [6.45, 7) is 2.95. The van der Waals surface area contributed by atoms with Crippen molar-refractivity contribution in [1.82, 2.24) is 4.31 Å². The Morgan fingerprint density at radius 3 is 2.39 bits per heavy atom. The van der Waals surface area contributed by atoms with E-state index in [1.54, 1.807) is 42.5 Å². The minimum Gasteiger partial charge on any atom is -0.486 e. The number of nitrogens with one attached hydrogen (secondary N) is 1. The van der Waals surface area contributed by atoms with Gasteiger partial charge in [-0.1, -0.05) is 42.0 Å². The normalized spacial score (nSPS) is 17.8. The quantitative estimate of drug-likeness (QED) is 0.639. The fourth-order valence-electron chi connectivity index (χ4n) is 4.17. The van der Waals surface area contributed by atoms with E-state index in [-0.39, 0.29) is 17.9 Å². The van der Waals surface area contributed by atoms with Gasteiger partial charge in [-0.05, 0) is 48.7 Å². The molecule has 5 rings (SSSR count). The smallest absolute Gasteiger partial charge is 0.244 e. The van der Waals surface area contributed by atoms with Gasteiger partial charge < -0.3 is 14.8 Å². The molecule has 0 aromatic heterocycles. The van der Waals surface area contributed by atoms with Crippen LogP contribution in [0.25, 0.3) is 0 Å². The number of carbonyl (C=O) groups is 1. The molecule has 3 aromatic carbocycles. The minimum atomic E-state index is -3.89. The number of amides is 1. The molecule has 0 saturated heterocycles. The van der Waals surface area contributed by atoms with Crippen LogP contribution in [0.3, 0.4) is 0 Å². The lowest BCUT2D eigenvalue weighted by atomic mass is 9.95. The van der Waals surface area contributed by atoms with Crippen LogP contribution in [-0.2, 0) is 27.8 Å². The van der Waals surface area contributed by atoms with Crippen LogP contribution in [0.5, 0.6) is 11.5 Å². The van der Waals surface area contributed by atoms with Crippen molar-refractivity contribution in [2.24, 2.45) is 0 Å². The summed E-state index contributed by atoms with van der Waals surface area (Å²) in [6, 6.07) is 18.6. The summed E-state index contributed by atoms with van der Waals surface area (Å²) < 4.78 is 39.6. The molecule has 2 aliphatic rings. The van der Waals surface area contributed by atoms with E-state index in [1.165, 1.54) is 4.31 Å². The number of hydrogen-bond acceptors (Lipinski definition) is 5. The van der Waals surface area contributed by atoms with Gasteiger partial charge in [-0.3, -0.25) is 4.79 Å². The summed E-state index contributed by atoms with van der Waals surface area (Å²) >= 11 is 0. The van der Waals surface area contributed by atoms with Gasteiger partial charge in [-0.25, -0.2) is 8.42 Å². The van der Waals surface area contributed by atoms with Crippen molar-refractivity contribution >= 4 is 21.6 Å². The van der Waals surface area contributed by atoms with Gasteiger partial charge in [0, 0.05) is 18.3 Å². The standard InChI is InChI=1S/C25H24N2O5S/c1-17-6-9-21(10-7-17)33(29,30)27-16-19-5-3-2-4-18(19)14-22(27)25(28)26-20-8-11-23-24(15-20)32-13-12-31-23/h2-11,15,22H,12-14,16H2,1H3,(H,26,28)/t22-/m1/s1. The second kappa shape index (κ2) is 8.53. The van der Waals surface area contributed by atoms with Crippen LogP contribution in [0.15, 0.2) is 71.6 Å². The highest BCUT2D eigenvalue weighted by atomic mass is 32.2. The fourth-order valence-corrected chi connectivity index (χ4v) is 5.73. The van der Waals surface area contributed by atoms with Crippen LogP contribution in [0.2, 0.25) is 0 Å². The largest absolute Gasteiger partial charge is 0.486 e. The summed E-state index contributed by atoms with van der Waals surface area (Å²) in [7, 11) is -3.89.